The molecule has 0 saturated carbocycles. The van der Waals surface area contributed by atoms with Crippen molar-refractivity contribution in [3.63, 3.8) is 0 Å². The topological polar surface area (TPSA) is 62.0 Å². The van der Waals surface area contributed by atoms with E-state index in [2.05, 4.69) is 20.9 Å². The lowest BCUT2D eigenvalue weighted by Gasteiger charge is -2.33. The predicted molar refractivity (Wildman–Crippen MR) is 93.4 cm³/mol. The molecule has 0 atom stereocenters. The smallest absolute Gasteiger partial charge is 0.216 e. The molecule has 2 aromatic rings. The lowest BCUT2D eigenvalue weighted by molar-refractivity contribution is 0.214. The summed E-state index contributed by atoms with van der Waals surface area (Å²) in [6.45, 7) is 4.45. The van der Waals surface area contributed by atoms with Crippen molar-refractivity contribution in [1.82, 2.24) is 9.97 Å². The summed E-state index contributed by atoms with van der Waals surface area (Å²) in [5, 5.41) is 9.42. The molecule has 0 bridgehead atoms. The van der Waals surface area contributed by atoms with E-state index in [1.54, 1.807) is 18.5 Å². The standard InChI is InChI=1S/C18H19ClN4O/c1-13-3-2-6-21-18(13)24-12-14-4-7-23(8-5-14)17-16(19)9-15(10-20)11-22-17/h2-3,6,9,11,14H,4-5,7-8,12H2,1H3. The van der Waals surface area contributed by atoms with E-state index in [9.17, 15) is 0 Å². The monoisotopic (exact) mass is 342 g/mol. The summed E-state index contributed by atoms with van der Waals surface area (Å²) < 4.78 is 5.86. The van der Waals surface area contributed by atoms with Crippen LogP contribution in [-0.4, -0.2) is 29.7 Å². The molecule has 1 aliphatic rings. The van der Waals surface area contributed by atoms with Crippen molar-refractivity contribution >= 4 is 17.4 Å². The van der Waals surface area contributed by atoms with Crippen LogP contribution in [0.5, 0.6) is 5.88 Å². The van der Waals surface area contributed by atoms with Gasteiger partial charge in [0, 0.05) is 31.0 Å². The first-order valence-electron chi connectivity index (χ1n) is 8.02. The van der Waals surface area contributed by atoms with Crippen LogP contribution < -0.4 is 9.64 Å². The van der Waals surface area contributed by atoms with Gasteiger partial charge in [-0.05, 0) is 37.8 Å². The summed E-state index contributed by atoms with van der Waals surface area (Å²) in [5.41, 5.74) is 1.54. The van der Waals surface area contributed by atoms with Crippen LogP contribution in [0.25, 0.3) is 0 Å². The molecule has 3 rings (SSSR count). The van der Waals surface area contributed by atoms with E-state index in [0.29, 0.717) is 23.1 Å². The number of hydrogen-bond donors (Lipinski definition) is 0. The van der Waals surface area contributed by atoms with Gasteiger partial charge in [0.2, 0.25) is 5.88 Å². The highest BCUT2D eigenvalue weighted by atomic mass is 35.5. The number of nitriles is 1. The van der Waals surface area contributed by atoms with E-state index < -0.39 is 0 Å². The maximum absolute atomic E-state index is 8.89. The Morgan fingerprint density at radius 1 is 1.38 bits per heavy atom. The highest BCUT2D eigenvalue weighted by Gasteiger charge is 2.22. The number of aromatic nitrogens is 2. The van der Waals surface area contributed by atoms with E-state index >= 15 is 0 Å². The number of aryl methyl sites for hydroxylation is 1. The van der Waals surface area contributed by atoms with Crippen molar-refractivity contribution in [3.8, 4) is 11.9 Å². The molecule has 0 aromatic carbocycles. The van der Waals surface area contributed by atoms with Gasteiger partial charge in [-0.15, -0.1) is 0 Å². The van der Waals surface area contributed by atoms with Crippen LogP contribution >= 0.6 is 11.6 Å². The molecule has 1 aliphatic heterocycles. The van der Waals surface area contributed by atoms with Gasteiger partial charge in [-0.2, -0.15) is 5.26 Å². The van der Waals surface area contributed by atoms with Crippen molar-refractivity contribution < 1.29 is 4.74 Å². The highest BCUT2D eigenvalue weighted by molar-refractivity contribution is 6.33. The van der Waals surface area contributed by atoms with Crippen molar-refractivity contribution in [1.29, 1.82) is 5.26 Å². The van der Waals surface area contributed by atoms with Crippen LogP contribution in [-0.2, 0) is 0 Å². The summed E-state index contributed by atoms with van der Waals surface area (Å²) in [5.74, 6) is 1.98. The average molecular weight is 343 g/mol. The van der Waals surface area contributed by atoms with Crippen molar-refractivity contribution in [2.45, 2.75) is 19.8 Å². The summed E-state index contributed by atoms with van der Waals surface area (Å²) in [6.07, 6.45) is 5.36. The number of hydrogen-bond acceptors (Lipinski definition) is 5. The Morgan fingerprint density at radius 3 is 2.83 bits per heavy atom. The molecule has 0 unspecified atom stereocenters. The molecule has 0 aliphatic carbocycles. The first kappa shape index (κ1) is 16.5. The van der Waals surface area contributed by atoms with Crippen LogP contribution in [0.3, 0.4) is 0 Å². The van der Waals surface area contributed by atoms with E-state index in [1.807, 2.05) is 19.1 Å². The van der Waals surface area contributed by atoms with Gasteiger partial charge in [0.25, 0.3) is 0 Å². The second-order valence-electron chi connectivity index (χ2n) is 6.01. The Kier molecular flexibility index (Phi) is 5.17. The number of piperidine rings is 1. The fourth-order valence-corrected chi connectivity index (χ4v) is 3.14. The first-order valence-corrected chi connectivity index (χ1v) is 8.40. The number of pyridine rings is 2. The van der Waals surface area contributed by atoms with Crippen LogP contribution in [0, 0.1) is 24.2 Å². The van der Waals surface area contributed by atoms with Gasteiger partial charge in [0.1, 0.15) is 11.9 Å². The van der Waals surface area contributed by atoms with Crippen molar-refractivity contribution in [2.24, 2.45) is 5.92 Å². The normalized spacial score (nSPS) is 15.1. The third-order valence-corrected chi connectivity index (χ3v) is 4.56. The van der Waals surface area contributed by atoms with Gasteiger partial charge >= 0.3 is 0 Å². The predicted octanol–water partition coefficient (Wildman–Crippen LogP) is 3.61. The van der Waals surface area contributed by atoms with E-state index in [-0.39, 0.29) is 0 Å². The Morgan fingerprint density at radius 2 is 2.17 bits per heavy atom. The van der Waals surface area contributed by atoms with Crippen LogP contribution in [0.1, 0.15) is 24.0 Å². The van der Waals surface area contributed by atoms with Gasteiger partial charge in [-0.3, -0.25) is 0 Å². The van der Waals surface area contributed by atoms with Gasteiger partial charge < -0.3 is 9.64 Å². The lowest BCUT2D eigenvalue weighted by Crippen LogP contribution is -2.36. The molecule has 6 heteroatoms. The van der Waals surface area contributed by atoms with Crippen LogP contribution in [0.2, 0.25) is 5.02 Å². The fourth-order valence-electron chi connectivity index (χ4n) is 2.86. The molecule has 1 fully saturated rings. The number of rotatable bonds is 4. The third kappa shape index (κ3) is 3.77. The zero-order valence-electron chi connectivity index (χ0n) is 13.6. The van der Waals surface area contributed by atoms with Gasteiger partial charge in [-0.1, -0.05) is 17.7 Å². The minimum atomic E-state index is 0.484. The molecule has 24 heavy (non-hydrogen) atoms. The minimum absolute atomic E-state index is 0.484. The summed E-state index contributed by atoms with van der Waals surface area (Å²) in [7, 11) is 0. The molecule has 124 valence electrons. The number of halogens is 1. The summed E-state index contributed by atoms with van der Waals surface area (Å²) >= 11 is 6.25. The van der Waals surface area contributed by atoms with Crippen LogP contribution in [0.4, 0.5) is 5.82 Å². The second-order valence-corrected chi connectivity index (χ2v) is 6.42. The van der Waals surface area contributed by atoms with Gasteiger partial charge in [0.15, 0.2) is 0 Å². The molecule has 2 aromatic heterocycles. The summed E-state index contributed by atoms with van der Waals surface area (Å²) in [6, 6.07) is 7.64. The van der Waals surface area contributed by atoms with Crippen LogP contribution in [0.15, 0.2) is 30.6 Å². The Bertz CT molecular complexity index is 751. The Labute approximate surface area is 146 Å². The zero-order chi connectivity index (χ0) is 16.9. The molecular formula is C18H19ClN4O. The molecule has 0 amide bonds. The van der Waals surface area contributed by atoms with Crippen molar-refractivity contribution in [2.75, 3.05) is 24.6 Å². The molecular weight excluding hydrogens is 324 g/mol. The van der Waals surface area contributed by atoms with E-state index in [4.69, 9.17) is 21.6 Å². The molecule has 5 nitrogen and oxygen atoms in total. The average Bonchev–Trinajstić information content (AvgIpc) is 2.61. The molecule has 3 heterocycles. The number of anilines is 1. The maximum atomic E-state index is 8.89. The Balaban J connectivity index is 1.54. The molecule has 0 spiro atoms. The second kappa shape index (κ2) is 7.50. The lowest BCUT2D eigenvalue weighted by atomic mass is 9.98. The molecule has 1 saturated heterocycles. The largest absolute Gasteiger partial charge is 0.477 e. The molecule has 0 N–H and O–H groups in total. The Hall–Kier alpha value is -2.32. The van der Waals surface area contributed by atoms with E-state index in [1.165, 1.54) is 0 Å². The third-order valence-electron chi connectivity index (χ3n) is 4.28. The molecule has 0 radical (unpaired) electrons. The number of ether oxygens (including phenoxy) is 1. The zero-order valence-corrected chi connectivity index (χ0v) is 14.3. The van der Waals surface area contributed by atoms with E-state index in [0.717, 1.165) is 43.2 Å². The maximum Gasteiger partial charge on any atom is 0.216 e. The van der Waals surface area contributed by atoms with Gasteiger partial charge in [-0.25, -0.2) is 9.97 Å². The number of nitrogens with zero attached hydrogens (tertiary/aromatic N) is 4. The fraction of sp³-hybridized carbons (Fsp3) is 0.389. The van der Waals surface area contributed by atoms with Crippen molar-refractivity contribution in [3.05, 3.63) is 46.7 Å². The quantitative estimate of drug-likeness (QED) is 0.849. The SMILES string of the molecule is Cc1cccnc1OCC1CCN(c2ncc(C#N)cc2Cl)CC1. The van der Waals surface area contributed by atoms with Gasteiger partial charge in [0.05, 0.1) is 17.2 Å². The first-order chi connectivity index (χ1) is 11.7. The minimum Gasteiger partial charge on any atom is -0.477 e. The summed E-state index contributed by atoms with van der Waals surface area (Å²) in [4.78, 5) is 10.8. The highest BCUT2D eigenvalue weighted by Crippen LogP contribution is 2.28.